The van der Waals surface area contributed by atoms with Crippen LogP contribution in [-0.2, 0) is 16.6 Å². The number of hydrogen-bond acceptors (Lipinski definition) is 5. The van der Waals surface area contributed by atoms with E-state index in [1.165, 1.54) is 30.8 Å². The molecule has 0 unspecified atom stereocenters. The van der Waals surface area contributed by atoms with Gasteiger partial charge < -0.3 is 4.42 Å². The molecule has 3 rings (SSSR count). The Bertz CT molecular complexity index is 866. The van der Waals surface area contributed by atoms with Gasteiger partial charge in [0.05, 0.1) is 12.8 Å². The largest absolute Gasteiger partial charge is 0.467 e. The minimum absolute atomic E-state index is 0.0228. The minimum Gasteiger partial charge on any atom is -0.467 e. The number of furan rings is 1. The van der Waals surface area contributed by atoms with E-state index in [0.29, 0.717) is 11.6 Å². The van der Waals surface area contributed by atoms with Crippen molar-refractivity contribution in [3.8, 4) is 0 Å². The van der Waals surface area contributed by atoms with Gasteiger partial charge in [0.1, 0.15) is 21.6 Å². The van der Waals surface area contributed by atoms with Crippen molar-refractivity contribution >= 4 is 27.4 Å². The summed E-state index contributed by atoms with van der Waals surface area (Å²) < 4.78 is 32.3. The van der Waals surface area contributed by atoms with Crippen molar-refractivity contribution in [3.05, 3.63) is 72.0 Å². The van der Waals surface area contributed by atoms with Gasteiger partial charge in [-0.25, -0.2) is 22.7 Å². The van der Waals surface area contributed by atoms with Gasteiger partial charge in [-0.15, -0.1) is 0 Å². The highest BCUT2D eigenvalue weighted by molar-refractivity contribution is 7.92. The molecule has 118 valence electrons. The molecule has 0 spiro atoms. The topological polar surface area (TPSA) is 76.3 Å². The van der Waals surface area contributed by atoms with E-state index < -0.39 is 10.0 Å². The lowest BCUT2D eigenvalue weighted by molar-refractivity contribution is 0.508. The highest BCUT2D eigenvalue weighted by Gasteiger charge is 2.27. The van der Waals surface area contributed by atoms with Gasteiger partial charge >= 0.3 is 0 Å². The molecule has 0 amide bonds. The maximum absolute atomic E-state index is 12.9. The van der Waals surface area contributed by atoms with E-state index in [1.807, 2.05) is 0 Å². The predicted octanol–water partition coefficient (Wildman–Crippen LogP) is 3.12. The third kappa shape index (κ3) is 3.35. The fraction of sp³-hybridized carbons (Fsp3) is 0.0667. The number of nitrogens with zero attached hydrogens (tertiary/aromatic N) is 3. The summed E-state index contributed by atoms with van der Waals surface area (Å²) in [4.78, 5) is 7.99. The second-order valence-corrected chi connectivity index (χ2v) is 6.85. The molecule has 0 aromatic carbocycles. The van der Waals surface area contributed by atoms with Gasteiger partial charge in [-0.3, -0.25) is 0 Å². The molecule has 6 nitrogen and oxygen atoms in total. The fourth-order valence-corrected chi connectivity index (χ4v) is 3.42. The zero-order valence-corrected chi connectivity index (χ0v) is 13.4. The molecule has 8 heteroatoms. The molecule has 0 saturated heterocycles. The lowest BCUT2D eigenvalue weighted by Crippen LogP contribution is -2.31. The zero-order chi connectivity index (χ0) is 16.3. The van der Waals surface area contributed by atoms with Crippen LogP contribution in [0.5, 0.6) is 0 Å². The second kappa shape index (κ2) is 6.39. The summed E-state index contributed by atoms with van der Waals surface area (Å²) in [5.74, 6) is 0.792. The van der Waals surface area contributed by atoms with Crippen LogP contribution in [0.1, 0.15) is 5.76 Å². The Labute approximate surface area is 138 Å². The van der Waals surface area contributed by atoms with Crippen LogP contribution < -0.4 is 4.31 Å². The van der Waals surface area contributed by atoms with Crippen LogP contribution in [0.3, 0.4) is 0 Å². The molecular weight excluding hydrogens is 338 g/mol. The number of anilines is 1. The van der Waals surface area contributed by atoms with Gasteiger partial charge in [-0.1, -0.05) is 17.7 Å². The molecule has 0 radical (unpaired) electrons. The summed E-state index contributed by atoms with van der Waals surface area (Å²) in [7, 11) is -3.86. The van der Waals surface area contributed by atoms with Crippen molar-refractivity contribution < 1.29 is 12.8 Å². The predicted molar refractivity (Wildman–Crippen MR) is 85.6 cm³/mol. The first kappa shape index (κ1) is 15.5. The van der Waals surface area contributed by atoms with Crippen molar-refractivity contribution in [1.82, 2.24) is 9.97 Å². The van der Waals surface area contributed by atoms with Crippen LogP contribution in [0.4, 0.5) is 5.82 Å². The van der Waals surface area contributed by atoms with Crippen LogP contribution in [0.2, 0.25) is 5.15 Å². The first-order valence-electron chi connectivity index (χ1n) is 6.65. The lowest BCUT2D eigenvalue weighted by Gasteiger charge is -2.22. The normalized spacial score (nSPS) is 11.3. The third-order valence-electron chi connectivity index (χ3n) is 3.07. The van der Waals surface area contributed by atoms with Crippen LogP contribution in [0, 0.1) is 0 Å². The van der Waals surface area contributed by atoms with Crippen LogP contribution >= 0.6 is 11.6 Å². The third-order valence-corrected chi connectivity index (χ3v) is 5.03. The minimum atomic E-state index is -3.86. The van der Waals surface area contributed by atoms with Gasteiger partial charge in [0.2, 0.25) is 0 Å². The Hall–Kier alpha value is -2.38. The molecule has 3 aromatic rings. The molecule has 0 atom stereocenters. The average Bonchev–Trinajstić information content (AvgIpc) is 3.07. The molecule has 23 heavy (non-hydrogen) atoms. The van der Waals surface area contributed by atoms with Gasteiger partial charge in [0, 0.05) is 12.4 Å². The summed E-state index contributed by atoms with van der Waals surface area (Å²) in [6.45, 7) is 0.0228. The average molecular weight is 350 g/mol. The van der Waals surface area contributed by atoms with Crippen molar-refractivity contribution in [3.63, 3.8) is 0 Å². The van der Waals surface area contributed by atoms with E-state index in [0.717, 1.165) is 4.31 Å². The Morgan fingerprint density at radius 3 is 2.57 bits per heavy atom. The molecule has 0 bridgehead atoms. The van der Waals surface area contributed by atoms with E-state index in [-0.39, 0.29) is 16.6 Å². The van der Waals surface area contributed by atoms with Gasteiger partial charge in [0.15, 0.2) is 0 Å². The maximum Gasteiger partial charge on any atom is 0.267 e. The molecule has 0 fully saturated rings. The summed E-state index contributed by atoms with van der Waals surface area (Å²) >= 11 is 5.73. The van der Waals surface area contributed by atoms with Crippen molar-refractivity contribution in [2.45, 2.75) is 11.4 Å². The molecule has 3 aromatic heterocycles. The number of hydrogen-bond donors (Lipinski definition) is 0. The maximum atomic E-state index is 12.9. The van der Waals surface area contributed by atoms with Crippen LogP contribution in [0.15, 0.2) is 70.4 Å². The Morgan fingerprint density at radius 2 is 1.96 bits per heavy atom. The number of halogens is 1. The van der Waals surface area contributed by atoms with Gasteiger partial charge in [0.25, 0.3) is 10.0 Å². The molecule has 3 heterocycles. The fourth-order valence-electron chi connectivity index (χ4n) is 1.98. The monoisotopic (exact) mass is 349 g/mol. The van der Waals surface area contributed by atoms with E-state index in [4.69, 9.17) is 16.0 Å². The van der Waals surface area contributed by atoms with E-state index in [9.17, 15) is 8.42 Å². The first-order valence-corrected chi connectivity index (χ1v) is 8.47. The molecule has 0 saturated carbocycles. The Morgan fingerprint density at radius 1 is 1.09 bits per heavy atom. The molecule has 0 aliphatic rings. The van der Waals surface area contributed by atoms with Crippen molar-refractivity contribution in [2.75, 3.05) is 4.31 Å². The molecule has 0 N–H and O–H groups in total. The standard InChI is InChI=1S/C15H12ClN3O3S/c16-14-7-6-13(10-18-14)23(20,21)19(11-12-4-3-9-22-12)15-5-1-2-8-17-15/h1-10H,11H2. The first-order chi connectivity index (χ1) is 11.1. The quantitative estimate of drug-likeness (QED) is 0.661. The number of aromatic nitrogens is 2. The van der Waals surface area contributed by atoms with E-state index in [2.05, 4.69) is 9.97 Å². The van der Waals surface area contributed by atoms with Gasteiger partial charge in [-0.05, 0) is 36.4 Å². The van der Waals surface area contributed by atoms with E-state index in [1.54, 1.807) is 30.3 Å². The smallest absolute Gasteiger partial charge is 0.267 e. The highest BCUT2D eigenvalue weighted by Crippen LogP contribution is 2.24. The molecule has 0 aliphatic heterocycles. The number of pyridine rings is 2. The highest BCUT2D eigenvalue weighted by atomic mass is 35.5. The molecular formula is C15H12ClN3O3S. The summed E-state index contributed by atoms with van der Waals surface area (Å²) in [6.07, 6.45) is 4.23. The van der Waals surface area contributed by atoms with Crippen LogP contribution in [0.25, 0.3) is 0 Å². The van der Waals surface area contributed by atoms with Crippen molar-refractivity contribution in [2.24, 2.45) is 0 Å². The lowest BCUT2D eigenvalue weighted by atomic mass is 10.4. The SMILES string of the molecule is O=S(=O)(c1ccc(Cl)nc1)N(Cc1ccco1)c1ccccn1. The number of sulfonamides is 1. The van der Waals surface area contributed by atoms with Crippen molar-refractivity contribution in [1.29, 1.82) is 0 Å². The summed E-state index contributed by atoms with van der Waals surface area (Å²) in [6, 6.07) is 11.3. The Kier molecular flexibility index (Phi) is 4.31. The zero-order valence-electron chi connectivity index (χ0n) is 11.8. The summed E-state index contributed by atoms with van der Waals surface area (Å²) in [5.41, 5.74) is 0. The van der Waals surface area contributed by atoms with E-state index >= 15 is 0 Å². The van der Waals surface area contributed by atoms with Crippen LogP contribution in [-0.4, -0.2) is 18.4 Å². The molecule has 0 aliphatic carbocycles. The second-order valence-electron chi connectivity index (χ2n) is 4.60. The van der Waals surface area contributed by atoms with Gasteiger partial charge in [-0.2, -0.15) is 0 Å². The summed E-state index contributed by atoms with van der Waals surface area (Å²) in [5, 5.41) is 0.222. The Balaban J connectivity index is 2.05. The number of rotatable bonds is 5.